The normalized spacial score (nSPS) is 10.3. The summed E-state index contributed by atoms with van der Waals surface area (Å²) in [6, 6.07) is 3.50. The van der Waals surface area contributed by atoms with Gasteiger partial charge in [0.2, 0.25) is 5.88 Å². The molecule has 0 aromatic carbocycles. The molecular formula is C11H14N4O2S. The average Bonchev–Trinajstić information content (AvgIpc) is 2.76. The minimum Gasteiger partial charge on any atom is -0.476 e. The zero-order valence-electron chi connectivity index (χ0n) is 9.90. The van der Waals surface area contributed by atoms with Crippen LogP contribution in [0.1, 0.15) is 12.6 Å². The molecule has 4 N–H and O–H groups in total. The Balaban J connectivity index is 2.05. The van der Waals surface area contributed by atoms with Crippen LogP contribution in [0, 0.1) is 0 Å². The molecule has 0 aliphatic carbocycles. The molecule has 2 rings (SSSR count). The number of anilines is 2. The lowest BCUT2D eigenvalue weighted by molar-refractivity contribution is 0.329. The van der Waals surface area contributed by atoms with E-state index in [2.05, 4.69) is 15.3 Å². The van der Waals surface area contributed by atoms with Crippen molar-refractivity contribution in [3.8, 4) is 5.88 Å². The summed E-state index contributed by atoms with van der Waals surface area (Å²) >= 11 is 1.14. The van der Waals surface area contributed by atoms with Crippen LogP contribution in [-0.4, -0.2) is 16.6 Å². The summed E-state index contributed by atoms with van der Waals surface area (Å²) in [5.74, 6) is 1.07. The predicted octanol–water partition coefficient (Wildman–Crippen LogP) is 1.42. The summed E-state index contributed by atoms with van der Waals surface area (Å²) in [4.78, 5) is 17.9. The van der Waals surface area contributed by atoms with Crippen molar-refractivity contribution < 1.29 is 4.74 Å². The molecule has 0 fully saturated rings. The quantitative estimate of drug-likeness (QED) is 0.761. The topological polar surface area (TPSA) is 93.0 Å². The third-order valence-electron chi connectivity index (χ3n) is 2.20. The van der Waals surface area contributed by atoms with Crippen LogP contribution in [0.5, 0.6) is 5.88 Å². The number of nitrogens with two attached hydrogens (primary N) is 1. The smallest absolute Gasteiger partial charge is 0.304 e. The Morgan fingerprint density at radius 2 is 2.39 bits per heavy atom. The Kier molecular flexibility index (Phi) is 3.83. The van der Waals surface area contributed by atoms with Crippen LogP contribution in [0.25, 0.3) is 0 Å². The molecule has 0 amide bonds. The number of hydrogen-bond donors (Lipinski definition) is 3. The molecule has 6 nitrogen and oxygen atoms in total. The Bertz CT molecular complexity index is 578. The number of nitrogens with zero attached hydrogens (tertiary/aromatic N) is 1. The molecule has 18 heavy (non-hydrogen) atoms. The van der Waals surface area contributed by atoms with Crippen LogP contribution >= 0.6 is 11.3 Å². The van der Waals surface area contributed by atoms with Crippen molar-refractivity contribution in [2.75, 3.05) is 17.7 Å². The highest BCUT2D eigenvalue weighted by atomic mass is 32.1. The van der Waals surface area contributed by atoms with Gasteiger partial charge in [0, 0.05) is 11.1 Å². The summed E-state index contributed by atoms with van der Waals surface area (Å²) < 4.78 is 5.30. The molecule has 0 unspecified atom stereocenters. The minimum absolute atomic E-state index is 0.0629. The molecule has 96 valence electrons. The number of hydrogen-bond acceptors (Lipinski definition) is 6. The van der Waals surface area contributed by atoms with E-state index in [1.807, 2.05) is 6.92 Å². The fraction of sp³-hybridized carbons (Fsp3) is 0.273. The highest BCUT2D eigenvalue weighted by Gasteiger charge is 2.04. The van der Waals surface area contributed by atoms with Crippen LogP contribution in [-0.2, 0) is 6.54 Å². The lowest BCUT2D eigenvalue weighted by Crippen LogP contribution is -2.06. The summed E-state index contributed by atoms with van der Waals surface area (Å²) in [6.45, 7) is 2.89. The minimum atomic E-state index is -0.0629. The number of thiazole rings is 1. The van der Waals surface area contributed by atoms with E-state index in [1.54, 1.807) is 17.5 Å². The van der Waals surface area contributed by atoms with Crippen LogP contribution in [0.3, 0.4) is 0 Å². The molecule has 0 radical (unpaired) electrons. The Morgan fingerprint density at radius 1 is 1.56 bits per heavy atom. The van der Waals surface area contributed by atoms with Crippen molar-refractivity contribution in [2.24, 2.45) is 0 Å². The van der Waals surface area contributed by atoms with Gasteiger partial charge in [0.05, 0.1) is 18.8 Å². The molecule has 0 spiro atoms. The van der Waals surface area contributed by atoms with Gasteiger partial charge >= 0.3 is 4.87 Å². The molecule has 0 saturated heterocycles. The maximum absolute atomic E-state index is 11.0. The summed E-state index contributed by atoms with van der Waals surface area (Å²) in [5, 5.41) is 4.86. The summed E-state index contributed by atoms with van der Waals surface area (Å²) in [5.41, 5.74) is 7.05. The molecule has 0 aliphatic rings. The standard InChI is InChI=1S/C11H14N4O2S/c1-2-17-10-8(12)3-4-9(15-10)13-5-7-6-18-11(16)14-7/h3-4,6H,2,5,12H2,1H3,(H,13,15)(H,14,16). The number of H-pyrrole nitrogens is 1. The summed E-state index contributed by atoms with van der Waals surface area (Å²) in [6.07, 6.45) is 0. The van der Waals surface area contributed by atoms with E-state index < -0.39 is 0 Å². The lowest BCUT2D eigenvalue weighted by atomic mass is 10.4. The first kappa shape index (κ1) is 12.4. The number of nitrogen functional groups attached to an aromatic ring is 1. The van der Waals surface area contributed by atoms with Crippen LogP contribution in [0.15, 0.2) is 22.3 Å². The van der Waals surface area contributed by atoms with E-state index in [0.29, 0.717) is 30.5 Å². The third-order valence-corrected chi connectivity index (χ3v) is 2.92. The Hall–Kier alpha value is -2.02. The zero-order valence-corrected chi connectivity index (χ0v) is 10.7. The average molecular weight is 266 g/mol. The van der Waals surface area contributed by atoms with E-state index in [1.165, 1.54) is 0 Å². The van der Waals surface area contributed by atoms with Crippen LogP contribution in [0.2, 0.25) is 0 Å². The molecule has 0 bridgehead atoms. The second kappa shape index (κ2) is 5.54. The first-order valence-electron chi connectivity index (χ1n) is 5.49. The SMILES string of the molecule is CCOc1nc(NCc2csc(=O)[nH]2)ccc1N. The second-order valence-electron chi connectivity index (χ2n) is 3.55. The lowest BCUT2D eigenvalue weighted by Gasteiger charge is -2.09. The molecule has 0 saturated carbocycles. The van der Waals surface area contributed by atoms with E-state index in [0.717, 1.165) is 17.0 Å². The fourth-order valence-corrected chi connectivity index (χ4v) is 1.97. The summed E-state index contributed by atoms with van der Waals surface area (Å²) in [7, 11) is 0. The monoisotopic (exact) mass is 266 g/mol. The Labute approximate surface area is 108 Å². The Morgan fingerprint density at radius 3 is 3.06 bits per heavy atom. The second-order valence-corrected chi connectivity index (χ2v) is 4.39. The molecule has 2 aromatic heterocycles. The number of pyridine rings is 1. The zero-order chi connectivity index (χ0) is 13.0. The fourth-order valence-electron chi connectivity index (χ4n) is 1.39. The van der Waals surface area contributed by atoms with Gasteiger partial charge in [-0.25, -0.2) is 0 Å². The molecule has 7 heteroatoms. The molecule has 0 atom stereocenters. The third kappa shape index (κ3) is 3.01. The van der Waals surface area contributed by atoms with E-state index in [-0.39, 0.29) is 4.87 Å². The van der Waals surface area contributed by atoms with Crippen molar-refractivity contribution >= 4 is 22.8 Å². The molecule has 2 heterocycles. The van der Waals surface area contributed by atoms with Crippen molar-refractivity contribution in [1.82, 2.24) is 9.97 Å². The van der Waals surface area contributed by atoms with Crippen LogP contribution < -0.4 is 20.7 Å². The molecule has 0 aliphatic heterocycles. The maximum atomic E-state index is 11.0. The van der Waals surface area contributed by atoms with E-state index in [9.17, 15) is 4.79 Å². The van der Waals surface area contributed by atoms with E-state index >= 15 is 0 Å². The van der Waals surface area contributed by atoms with E-state index in [4.69, 9.17) is 10.5 Å². The van der Waals surface area contributed by atoms with Crippen molar-refractivity contribution in [1.29, 1.82) is 0 Å². The van der Waals surface area contributed by atoms with Crippen molar-refractivity contribution in [2.45, 2.75) is 13.5 Å². The number of aromatic amines is 1. The van der Waals surface area contributed by atoms with Crippen LogP contribution in [0.4, 0.5) is 11.5 Å². The highest BCUT2D eigenvalue weighted by Crippen LogP contribution is 2.20. The number of ether oxygens (including phenoxy) is 1. The number of nitrogens with one attached hydrogen (secondary N) is 2. The number of rotatable bonds is 5. The number of aromatic nitrogens is 2. The van der Waals surface area contributed by atoms with Gasteiger partial charge in [-0.2, -0.15) is 4.98 Å². The van der Waals surface area contributed by atoms with Gasteiger partial charge < -0.3 is 20.8 Å². The van der Waals surface area contributed by atoms with Gasteiger partial charge in [-0.1, -0.05) is 11.3 Å². The van der Waals surface area contributed by atoms with Gasteiger partial charge in [0.1, 0.15) is 5.82 Å². The van der Waals surface area contributed by atoms with Crippen molar-refractivity contribution in [3.63, 3.8) is 0 Å². The van der Waals surface area contributed by atoms with Gasteiger partial charge in [-0.15, -0.1) is 0 Å². The molecule has 2 aromatic rings. The van der Waals surface area contributed by atoms with Gasteiger partial charge in [-0.3, -0.25) is 4.79 Å². The largest absolute Gasteiger partial charge is 0.476 e. The first-order chi connectivity index (χ1) is 8.69. The highest BCUT2D eigenvalue weighted by molar-refractivity contribution is 7.07. The predicted molar refractivity (Wildman–Crippen MR) is 72.1 cm³/mol. The van der Waals surface area contributed by atoms with Gasteiger partial charge in [0.25, 0.3) is 0 Å². The van der Waals surface area contributed by atoms with Gasteiger partial charge in [0.15, 0.2) is 0 Å². The van der Waals surface area contributed by atoms with Crippen molar-refractivity contribution in [3.05, 3.63) is 32.9 Å². The first-order valence-corrected chi connectivity index (χ1v) is 6.37. The maximum Gasteiger partial charge on any atom is 0.304 e. The molecular weight excluding hydrogens is 252 g/mol. The van der Waals surface area contributed by atoms with Gasteiger partial charge in [-0.05, 0) is 19.1 Å².